The number of carbonyl (C=O) groups is 1. The molecule has 0 saturated carbocycles. The fourth-order valence-electron chi connectivity index (χ4n) is 4.89. The first-order valence-corrected chi connectivity index (χ1v) is 14.6. The van der Waals surface area contributed by atoms with Gasteiger partial charge in [-0.05, 0) is 108 Å². The maximum Gasteiger partial charge on any atom is 0.259 e. The Kier molecular flexibility index (Phi) is 8.38. The van der Waals surface area contributed by atoms with E-state index in [1.165, 1.54) is 17.0 Å². The summed E-state index contributed by atoms with van der Waals surface area (Å²) in [6.45, 7) is 7.22. The molecule has 0 spiro atoms. The third-order valence-corrected chi connectivity index (χ3v) is 8.74. The number of aliphatic imine (C=N–C) groups is 1. The van der Waals surface area contributed by atoms with Crippen molar-refractivity contribution in [2.45, 2.75) is 46.6 Å². The van der Waals surface area contributed by atoms with Crippen LogP contribution in [-0.4, -0.2) is 12.1 Å². The van der Waals surface area contributed by atoms with Crippen molar-refractivity contribution in [3.05, 3.63) is 111 Å². The lowest BCUT2D eigenvalue weighted by Crippen LogP contribution is -2.27. The summed E-state index contributed by atoms with van der Waals surface area (Å²) in [5.41, 5.74) is 4.48. The summed E-state index contributed by atoms with van der Waals surface area (Å²) < 4.78 is 19.0. The number of hydrogen-bond acceptors (Lipinski definition) is 4. The van der Waals surface area contributed by atoms with Gasteiger partial charge in [0.1, 0.15) is 23.2 Å². The van der Waals surface area contributed by atoms with E-state index in [9.17, 15) is 9.18 Å². The molecule has 0 radical (unpaired) electrons. The minimum Gasteiger partial charge on any atom is -0.489 e. The molecule has 1 atom stereocenters. The van der Waals surface area contributed by atoms with Gasteiger partial charge in [-0.1, -0.05) is 44.5 Å². The number of thiophene rings is 1. The molecule has 206 valence electrons. The van der Waals surface area contributed by atoms with Gasteiger partial charge in [0.2, 0.25) is 0 Å². The van der Waals surface area contributed by atoms with Gasteiger partial charge in [0.25, 0.3) is 5.91 Å². The Morgan fingerprint density at radius 2 is 1.77 bits per heavy atom. The van der Waals surface area contributed by atoms with E-state index in [2.05, 4.69) is 26.1 Å². The molecule has 0 bridgehead atoms. The van der Waals surface area contributed by atoms with Crippen molar-refractivity contribution < 1.29 is 13.9 Å². The highest BCUT2D eigenvalue weighted by atomic mass is 35.5. The fourth-order valence-corrected chi connectivity index (χ4v) is 6.29. The number of carbonyl (C=O) groups excluding carboxylic acids is 1. The van der Waals surface area contributed by atoms with E-state index in [-0.39, 0.29) is 17.1 Å². The first-order valence-electron chi connectivity index (χ1n) is 13.4. The quantitative estimate of drug-likeness (QED) is 0.224. The molecule has 40 heavy (non-hydrogen) atoms. The SMILES string of the molecule is CC(C)(C)[C@H]1CCc2c(sc(N=Cc3ccc(OCc4ccc(F)cc4)cc3)c2C(=O)Nc2ccc(Cl)cc2)C1. The van der Waals surface area contributed by atoms with Crippen LogP contribution in [0.15, 0.2) is 77.8 Å². The number of halogens is 2. The summed E-state index contributed by atoms with van der Waals surface area (Å²) in [6.07, 6.45) is 4.67. The molecule has 1 amide bonds. The zero-order chi connectivity index (χ0) is 28.3. The molecule has 1 aliphatic carbocycles. The molecule has 4 aromatic rings. The summed E-state index contributed by atoms with van der Waals surface area (Å²) in [6, 6.07) is 21.0. The van der Waals surface area contributed by atoms with E-state index in [1.807, 2.05) is 24.3 Å². The number of anilines is 1. The summed E-state index contributed by atoms with van der Waals surface area (Å²) in [5.74, 6) is 0.860. The molecular formula is C33H32ClFN2O2S. The van der Waals surface area contributed by atoms with Crippen molar-refractivity contribution in [1.29, 1.82) is 0 Å². The van der Waals surface area contributed by atoms with Gasteiger partial charge >= 0.3 is 0 Å². The Morgan fingerprint density at radius 3 is 2.45 bits per heavy atom. The number of rotatable bonds is 7. The fraction of sp³-hybridized carbons (Fsp3) is 0.273. The molecule has 0 saturated heterocycles. The van der Waals surface area contributed by atoms with Crippen LogP contribution in [0.2, 0.25) is 5.02 Å². The molecule has 3 aromatic carbocycles. The Hall–Kier alpha value is -3.48. The van der Waals surface area contributed by atoms with Crippen LogP contribution in [0, 0.1) is 17.2 Å². The maximum absolute atomic E-state index is 13.5. The van der Waals surface area contributed by atoms with Crippen LogP contribution in [0.1, 0.15) is 59.1 Å². The smallest absolute Gasteiger partial charge is 0.259 e. The second kappa shape index (κ2) is 11.9. The van der Waals surface area contributed by atoms with Gasteiger partial charge in [-0.2, -0.15) is 0 Å². The number of nitrogens with one attached hydrogen (secondary N) is 1. The topological polar surface area (TPSA) is 50.7 Å². The van der Waals surface area contributed by atoms with Gasteiger partial charge in [-0.25, -0.2) is 9.38 Å². The molecular weight excluding hydrogens is 543 g/mol. The van der Waals surface area contributed by atoms with Gasteiger partial charge in [0.15, 0.2) is 0 Å². The summed E-state index contributed by atoms with van der Waals surface area (Å²) in [7, 11) is 0. The first kappa shape index (κ1) is 28.1. The van der Waals surface area contributed by atoms with E-state index < -0.39 is 0 Å². The van der Waals surface area contributed by atoms with Crippen LogP contribution in [-0.2, 0) is 19.4 Å². The van der Waals surface area contributed by atoms with Gasteiger partial charge in [-0.15, -0.1) is 11.3 Å². The zero-order valence-electron chi connectivity index (χ0n) is 22.8. The number of benzene rings is 3. The van der Waals surface area contributed by atoms with E-state index in [1.54, 1.807) is 53.9 Å². The van der Waals surface area contributed by atoms with Crippen LogP contribution in [0.4, 0.5) is 15.1 Å². The molecule has 5 rings (SSSR count). The Bertz CT molecular complexity index is 1500. The molecule has 1 N–H and O–H groups in total. The number of fused-ring (bicyclic) bond motifs is 1. The predicted octanol–water partition coefficient (Wildman–Crippen LogP) is 9.27. The lowest BCUT2D eigenvalue weighted by atomic mass is 9.72. The molecule has 0 aliphatic heterocycles. The highest BCUT2D eigenvalue weighted by Crippen LogP contribution is 2.45. The second-order valence-electron chi connectivity index (χ2n) is 11.2. The van der Waals surface area contributed by atoms with Crippen molar-refractivity contribution in [1.82, 2.24) is 0 Å². The van der Waals surface area contributed by atoms with Crippen LogP contribution in [0.3, 0.4) is 0 Å². The second-order valence-corrected chi connectivity index (χ2v) is 12.7. The average Bonchev–Trinajstić information content (AvgIpc) is 3.31. The first-order chi connectivity index (χ1) is 19.2. The van der Waals surface area contributed by atoms with Crippen molar-refractivity contribution in [3.8, 4) is 5.75 Å². The number of nitrogens with zero attached hydrogens (tertiary/aromatic N) is 1. The monoisotopic (exact) mass is 574 g/mol. The lowest BCUT2D eigenvalue weighted by molar-refractivity contribution is 0.102. The molecule has 1 aromatic heterocycles. The van der Waals surface area contributed by atoms with E-state index in [4.69, 9.17) is 21.3 Å². The number of hydrogen-bond donors (Lipinski definition) is 1. The standard InChI is InChI=1S/C33H32ClFN2O2S/c1-33(2,3)23-8-17-28-29(18-23)40-32(30(28)31(38)37-26-13-9-24(34)10-14-26)36-19-21-6-15-27(16-7-21)39-20-22-4-11-25(35)12-5-22/h4-7,9-16,19,23H,8,17-18,20H2,1-3H3,(H,37,38)/t23-/m0/s1. The van der Waals surface area contributed by atoms with Crippen LogP contribution >= 0.6 is 22.9 Å². The van der Waals surface area contributed by atoms with Crippen LogP contribution in [0.5, 0.6) is 5.75 Å². The lowest BCUT2D eigenvalue weighted by Gasteiger charge is -2.33. The third-order valence-electron chi connectivity index (χ3n) is 7.33. The highest BCUT2D eigenvalue weighted by molar-refractivity contribution is 7.16. The predicted molar refractivity (Wildman–Crippen MR) is 163 cm³/mol. The minimum absolute atomic E-state index is 0.147. The zero-order valence-corrected chi connectivity index (χ0v) is 24.4. The Balaban J connectivity index is 1.36. The Morgan fingerprint density at radius 1 is 1.07 bits per heavy atom. The summed E-state index contributed by atoms with van der Waals surface area (Å²) in [5, 5.41) is 4.38. The minimum atomic E-state index is -0.265. The molecule has 0 unspecified atom stereocenters. The Labute approximate surface area is 243 Å². The molecule has 4 nitrogen and oxygen atoms in total. The maximum atomic E-state index is 13.5. The van der Waals surface area contributed by atoms with E-state index >= 15 is 0 Å². The molecule has 0 fully saturated rings. The van der Waals surface area contributed by atoms with Gasteiger partial charge in [-0.3, -0.25) is 4.79 Å². The largest absolute Gasteiger partial charge is 0.489 e. The normalized spacial score (nSPS) is 15.2. The van der Waals surface area contributed by atoms with Crippen LogP contribution < -0.4 is 10.1 Å². The highest BCUT2D eigenvalue weighted by Gasteiger charge is 2.33. The van der Waals surface area contributed by atoms with Gasteiger partial charge in [0, 0.05) is 21.8 Å². The van der Waals surface area contributed by atoms with Crippen molar-refractivity contribution in [2.24, 2.45) is 16.3 Å². The van der Waals surface area contributed by atoms with Crippen molar-refractivity contribution in [2.75, 3.05) is 5.32 Å². The third kappa shape index (κ3) is 6.80. The average molecular weight is 575 g/mol. The number of ether oxygens (including phenoxy) is 1. The van der Waals surface area contributed by atoms with Crippen molar-refractivity contribution >= 4 is 45.7 Å². The summed E-state index contributed by atoms with van der Waals surface area (Å²) >= 11 is 7.65. The van der Waals surface area contributed by atoms with Gasteiger partial charge in [0.05, 0.1) is 5.56 Å². The number of amides is 1. The van der Waals surface area contributed by atoms with E-state index in [0.29, 0.717) is 34.5 Å². The van der Waals surface area contributed by atoms with Gasteiger partial charge < -0.3 is 10.1 Å². The summed E-state index contributed by atoms with van der Waals surface area (Å²) in [4.78, 5) is 19.6. The molecule has 1 aliphatic rings. The van der Waals surface area contributed by atoms with Crippen molar-refractivity contribution in [3.63, 3.8) is 0 Å². The molecule has 1 heterocycles. The van der Waals surface area contributed by atoms with Crippen LogP contribution in [0.25, 0.3) is 0 Å². The van der Waals surface area contributed by atoms with E-state index in [0.717, 1.165) is 41.0 Å². The molecule has 7 heteroatoms.